The molecule has 1 amide bonds. The van der Waals surface area contributed by atoms with Crippen LogP contribution in [0.4, 0.5) is 14.5 Å². The van der Waals surface area contributed by atoms with E-state index in [1.807, 2.05) is 25.9 Å². The van der Waals surface area contributed by atoms with Gasteiger partial charge in [-0.3, -0.25) is 4.79 Å². The third kappa shape index (κ3) is 2.47. The van der Waals surface area contributed by atoms with Crippen molar-refractivity contribution >= 4 is 11.6 Å². The van der Waals surface area contributed by atoms with Crippen LogP contribution in [0.2, 0.25) is 0 Å². The molecule has 2 unspecified atom stereocenters. The van der Waals surface area contributed by atoms with E-state index in [4.69, 9.17) is 5.73 Å². The number of rotatable bonds is 2. The minimum Gasteiger partial charge on any atom is -0.396 e. The number of hydrogen-bond acceptors (Lipinski definition) is 3. The number of likely N-dealkylation sites (tertiary alicyclic amines) is 1. The number of likely N-dealkylation sites (N-methyl/N-ethyl adjacent to an activating group) is 1. The van der Waals surface area contributed by atoms with Crippen LogP contribution in [0.5, 0.6) is 0 Å². The fourth-order valence-electron chi connectivity index (χ4n) is 2.71. The highest BCUT2D eigenvalue weighted by Gasteiger charge is 2.36. The fraction of sp³-hybridized carbons (Fsp3) is 0.500. The number of hydrogen-bond donors (Lipinski definition) is 1. The molecule has 1 aromatic carbocycles. The van der Waals surface area contributed by atoms with Gasteiger partial charge in [0.05, 0.1) is 5.69 Å². The van der Waals surface area contributed by atoms with Gasteiger partial charge in [0.1, 0.15) is 11.4 Å². The van der Waals surface area contributed by atoms with Gasteiger partial charge in [0.25, 0.3) is 5.91 Å². The van der Waals surface area contributed by atoms with E-state index >= 15 is 0 Å². The minimum absolute atomic E-state index is 0.186. The molecule has 4 nitrogen and oxygen atoms in total. The summed E-state index contributed by atoms with van der Waals surface area (Å²) < 4.78 is 27.6. The number of carbonyl (C=O) groups is 1. The topological polar surface area (TPSA) is 49.6 Å². The Morgan fingerprint density at radius 2 is 2.00 bits per heavy atom. The number of benzene rings is 1. The van der Waals surface area contributed by atoms with Crippen LogP contribution >= 0.6 is 0 Å². The Bertz CT molecular complexity index is 533. The molecule has 0 bridgehead atoms. The predicted molar refractivity (Wildman–Crippen MR) is 73.3 cm³/mol. The highest BCUT2D eigenvalue weighted by atomic mass is 19.1. The number of nitrogens with two attached hydrogens (primary N) is 1. The molecule has 1 aliphatic heterocycles. The first kappa shape index (κ1) is 14.7. The summed E-state index contributed by atoms with van der Waals surface area (Å²) in [6, 6.07) is 2.33. The van der Waals surface area contributed by atoms with E-state index in [2.05, 4.69) is 0 Å². The first-order valence-corrected chi connectivity index (χ1v) is 6.52. The maximum absolute atomic E-state index is 13.9. The van der Waals surface area contributed by atoms with E-state index in [1.54, 1.807) is 0 Å². The van der Waals surface area contributed by atoms with Crippen LogP contribution in [0, 0.1) is 17.6 Å². The van der Waals surface area contributed by atoms with E-state index in [0.29, 0.717) is 13.1 Å². The molecule has 0 saturated carbocycles. The minimum atomic E-state index is -0.976. The standard InChI is InChI=1S/C14H19F2N3O/c1-8-6-19(7-11(8)18(2)3)14(20)12-9(15)4-5-10(17)13(12)16/h4-5,8,11H,6-7,17H2,1-3H3. The molecular weight excluding hydrogens is 264 g/mol. The smallest absolute Gasteiger partial charge is 0.259 e. The van der Waals surface area contributed by atoms with Crippen molar-refractivity contribution in [2.24, 2.45) is 5.92 Å². The number of carbonyl (C=O) groups excluding carboxylic acids is 1. The van der Waals surface area contributed by atoms with Crippen LogP contribution in [0.3, 0.4) is 0 Å². The molecule has 2 N–H and O–H groups in total. The lowest BCUT2D eigenvalue weighted by Crippen LogP contribution is -2.36. The number of nitrogen functional groups attached to an aromatic ring is 1. The number of nitrogens with zero attached hydrogens (tertiary/aromatic N) is 2. The first-order valence-electron chi connectivity index (χ1n) is 6.52. The largest absolute Gasteiger partial charge is 0.396 e. The van der Waals surface area contributed by atoms with Gasteiger partial charge < -0.3 is 15.5 Å². The van der Waals surface area contributed by atoms with Crippen LogP contribution < -0.4 is 5.73 Å². The molecule has 20 heavy (non-hydrogen) atoms. The Hall–Kier alpha value is -1.69. The van der Waals surface area contributed by atoms with Crippen molar-refractivity contribution in [3.63, 3.8) is 0 Å². The van der Waals surface area contributed by atoms with Crippen LogP contribution in [-0.4, -0.2) is 48.9 Å². The summed E-state index contributed by atoms with van der Waals surface area (Å²) in [6.45, 7) is 2.96. The quantitative estimate of drug-likeness (QED) is 0.838. The van der Waals surface area contributed by atoms with Gasteiger partial charge in [-0.15, -0.1) is 0 Å². The lowest BCUT2D eigenvalue weighted by Gasteiger charge is -2.22. The first-order chi connectivity index (χ1) is 9.32. The number of halogens is 2. The zero-order chi connectivity index (χ0) is 15.0. The summed E-state index contributed by atoms with van der Waals surface area (Å²) in [7, 11) is 3.85. The molecule has 1 saturated heterocycles. The summed E-state index contributed by atoms with van der Waals surface area (Å²) in [5, 5.41) is 0. The second-order valence-electron chi connectivity index (χ2n) is 5.54. The fourth-order valence-corrected chi connectivity index (χ4v) is 2.71. The third-order valence-corrected chi connectivity index (χ3v) is 3.86. The predicted octanol–water partition coefficient (Wildman–Crippen LogP) is 1.57. The van der Waals surface area contributed by atoms with Crippen LogP contribution in [0.25, 0.3) is 0 Å². The van der Waals surface area contributed by atoms with Crippen LogP contribution in [0.15, 0.2) is 12.1 Å². The van der Waals surface area contributed by atoms with E-state index in [9.17, 15) is 13.6 Å². The van der Waals surface area contributed by atoms with Gasteiger partial charge in [-0.05, 0) is 32.1 Å². The Morgan fingerprint density at radius 1 is 1.35 bits per heavy atom. The average molecular weight is 283 g/mol. The van der Waals surface area contributed by atoms with Crippen molar-refractivity contribution in [3.8, 4) is 0 Å². The van der Waals surface area contributed by atoms with Gasteiger partial charge in [0, 0.05) is 19.1 Å². The maximum Gasteiger partial charge on any atom is 0.259 e. The molecule has 1 aromatic rings. The molecule has 1 fully saturated rings. The van der Waals surface area contributed by atoms with Gasteiger partial charge in [0.15, 0.2) is 5.82 Å². The normalized spacial score (nSPS) is 22.6. The molecule has 0 spiro atoms. The van der Waals surface area contributed by atoms with Crippen molar-refractivity contribution < 1.29 is 13.6 Å². The molecule has 0 radical (unpaired) electrons. The van der Waals surface area contributed by atoms with Gasteiger partial charge in [0.2, 0.25) is 0 Å². The van der Waals surface area contributed by atoms with E-state index in [1.165, 1.54) is 4.90 Å². The van der Waals surface area contributed by atoms with E-state index < -0.39 is 23.1 Å². The summed E-state index contributed by atoms with van der Waals surface area (Å²) in [5.74, 6) is -2.23. The number of amides is 1. The Labute approximate surface area is 117 Å². The Morgan fingerprint density at radius 3 is 2.55 bits per heavy atom. The zero-order valence-electron chi connectivity index (χ0n) is 11.9. The van der Waals surface area contributed by atoms with E-state index in [-0.39, 0.29) is 17.6 Å². The van der Waals surface area contributed by atoms with Crippen LogP contribution in [0.1, 0.15) is 17.3 Å². The van der Waals surface area contributed by atoms with Gasteiger partial charge in [-0.1, -0.05) is 6.92 Å². The third-order valence-electron chi connectivity index (χ3n) is 3.86. The van der Waals surface area contributed by atoms with Gasteiger partial charge in [-0.2, -0.15) is 0 Å². The van der Waals surface area contributed by atoms with Crippen LogP contribution in [-0.2, 0) is 0 Å². The lowest BCUT2D eigenvalue weighted by molar-refractivity contribution is 0.0772. The Balaban J connectivity index is 2.28. The lowest BCUT2D eigenvalue weighted by atomic mass is 10.1. The van der Waals surface area contributed by atoms with Gasteiger partial charge in [-0.25, -0.2) is 8.78 Å². The summed E-state index contributed by atoms with van der Waals surface area (Å²) in [4.78, 5) is 15.8. The van der Waals surface area contributed by atoms with Crippen molar-refractivity contribution in [2.75, 3.05) is 32.9 Å². The summed E-state index contributed by atoms with van der Waals surface area (Å²) >= 11 is 0. The zero-order valence-corrected chi connectivity index (χ0v) is 11.9. The number of anilines is 1. The SMILES string of the molecule is CC1CN(C(=O)c2c(F)ccc(N)c2F)CC1N(C)C. The van der Waals surface area contributed by atoms with Crippen molar-refractivity contribution in [3.05, 3.63) is 29.3 Å². The average Bonchev–Trinajstić information content (AvgIpc) is 2.76. The molecule has 1 aliphatic rings. The Kier molecular flexibility index (Phi) is 3.94. The molecule has 6 heteroatoms. The van der Waals surface area contributed by atoms with Gasteiger partial charge >= 0.3 is 0 Å². The monoisotopic (exact) mass is 283 g/mol. The summed E-state index contributed by atoms with van der Waals surface area (Å²) in [5.41, 5.74) is 4.63. The maximum atomic E-state index is 13.9. The molecule has 1 heterocycles. The van der Waals surface area contributed by atoms with Crippen molar-refractivity contribution in [1.29, 1.82) is 0 Å². The van der Waals surface area contributed by atoms with Crippen molar-refractivity contribution in [1.82, 2.24) is 9.80 Å². The molecule has 0 aromatic heterocycles. The highest BCUT2D eigenvalue weighted by molar-refractivity contribution is 5.96. The molecule has 0 aliphatic carbocycles. The van der Waals surface area contributed by atoms with Crippen molar-refractivity contribution in [2.45, 2.75) is 13.0 Å². The second-order valence-corrected chi connectivity index (χ2v) is 5.54. The molecule has 2 atom stereocenters. The second kappa shape index (κ2) is 5.36. The molecule has 110 valence electrons. The molecule has 2 rings (SSSR count). The highest BCUT2D eigenvalue weighted by Crippen LogP contribution is 2.25. The van der Waals surface area contributed by atoms with E-state index in [0.717, 1.165) is 12.1 Å². The molecular formula is C14H19F2N3O. The summed E-state index contributed by atoms with van der Waals surface area (Å²) in [6.07, 6.45) is 0.